The molecule has 3 atom stereocenters. The van der Waals surface area contributed by atoms with Crippen LogP contribution in [0, 0.1) is 11.8 Å². The van der Waals surface area contributed by atoms with Gasteiger partial charge in [-0.05, 0) is 37.6 Å². The number of carbonyl (C=O) groups is 2. The van der Waals surface area contributed by atoms with Gasteiger partial charge in [0.2, 0.25) is 11.8 Å². The quantitative estimate of drug-likeness (QED) is 0.443. The number of hydrogen-bond acceptors (Lipinski definition) is 6. The van der Waals surface area contributed by atoms with Gasteiger partial charge < -0.3 is 9.05 Å². The van der Waals surface area contributed by atoms with E-state index in [0.29, 0.717) is 16.3 Å². The molecule has 0 aromatic heterocycles. The minimum atomic E-state index is -4.01. The van der Waals surface area contributed by atoms with Crippen molar-refractivity contribution in [2.45, 2.75) is 19.1 Å². The molecule has 2 aliphatic heterocycles. The van der Waals surface area contributed by atoms with Crippen LogP contribution < -0.4 is 4.90 Å². The van der Waals surface area contributed by atoms with E-state index in [2.05, 4.69) is 4.99 Å². The van der Waals surface area contributed by atoms with Gasteiger partial charge in [0.1, 0.15) is 0 Å². The van der Waals surface area contributed by atoms with E-state index >= 15 is 0 Å². The van der Waals surface area contributed by atoms with Crippen LogP contribution in [0.4, 0.5) is 5.69 Å². The van der Waals surface area contributed by atoms with Crippen LogP contribution in [0.5, 0.6) is 0 Å². The number of halogens is 1. The first-order valence-corrected chi connectivity index (χ1v) is 11.9. The smallest absolute Gasteiger partial charge is 0.307 e. The zero-order chi connectivity index (χ0) is 22.2. The maximum atomic E-state index is 14.2. The van der Waals surface area contributed by atoms with Crippen LogP contribution in [0.1, 0.15) is 19.4 Å². The molecule has 162 valence electrons. The van der Waals surface area contributed by atoms with E-state index in [0.717, 1.165) is 4.90 Å². The van der Waals surface area contributed by atoms with E-state index in [4.69, 9.17) is 20.6 Å². The Hall–Kier alpha value is -2.31. The van der Waals surface area contributed by atoms with Crippen molar-refractivity contribution in [1.29, 1.82) is 0 Å². The number of carbonyl (C=O) groups excluding carboxylic acids is 2. The second kappa shape index (κ2) is 8.32. The molecule has 7 nitrogen and oxygen atoms in total. The fraction of sp³-hybridized carbons (Fsp3) is 0.318. The summed E-state index contributed by atoms with van der Waals surface area (Å²) in [7, 11) is -4.01. The summed E-state index contributed by atoms with van der Waals surface area (Å²) >= 11 is 6.09. The summed E-state index contributed by atoms with van der Waals surface area (Å²) in [6.07, 6.45) is 1.41. The normalized spacial score (nSPS) is 25.3. The lowest BCUT2D eigenvalue weighted by molar-refractivity contribution is -0.123. The summed E-state index contributed by atoms with van der Waals surface area (Å²) in [5.74, 6) is -2.91. The maximum Gasteiger partial charge on any atom is 0.363 e. The molecule has 4 rings (SSSR count). The van der Waals surface area contributed by atoms with Crippen molar-refractivity contribution < 1.29 is 23.2 Å². The van der Waals surface area contributed by atoms with Gasteiger partial charge in [-0.25, -0.2) is 4.90 Å². The zero-order valence-corrected chi connectivity index (χ0v) is 18.8. The van der Waals surface area contributed by atoms with Crippen molar-refractivity contribution in [3.8, 4) is 0 Å². The Balaban J connectivity index is 1.91. The summed E-state index contributed by atoms with van der Waals surface area (Å²) in [5, 5.41) is -1.27. The van der Waals surface area contributed by atoms with Crippen LogP contribution in [0.15, 0.2) is 59.6 Å². The van der Waals surface area contributed by atoms with Crippen molar-refractivity contribution in [1.82, 2.24) is 0 Å². The molecule has 2 heterocycles. The zero-order valence-electron chi connectivity index (χ0n) is 17.1. The first kappa shape index (κ1) is 21.9. The molecule has 0 radical (unpaired) electrons. The standard InChI is InChI=1S/C22H22ClN2O5P/c1-3-29-31(28,30-4-2)22(15-9-6-5-7-10-15)19-18(14-24-22)20(26)25(21(19)27)17-12-8-11-16(23)13-17/h5-14,18-19H,3-4H2,1-2H3/t18-,19+,22+/m1/s1. The molecule has 31 heavy (non-hydrogen) atoms. The lowest BCUT2D eigenvalue weighted by Crippen LogP contribution is -2.40. The SMILES string of the molecule is CCOP(=O)(OCC)[C@]1(c2ccccc2)N=C[C@H]2C(=O)N(c3cccc(Cl)c3)C(=O)[C@H]21. The van der Waals surface area contributed by atoms with Crippen LogP contribution in [0.25, 0.3) is 0 Å². The minimum absolute atomic E-state index is 0.0961. The van der Waals surface area contributed by atoms with E-state index < -0.39 is 36.5 Å². The third-order valence-electron chi connectivity index (χ3n) is 5.50. The molecular weight excluding hydrogens is 439 g/mol. The number of benzene rings is 2. The Morgan fingerprint density at radius 1 is 1.03 bits per heavy atom. The van der Waals surface area contributed by atoms with Crippen LogP contribution >= 0.6 is 19.2 Å². The van der Waals surface area contributed by atoms with Gasteiger partial charge >= 0.3 is 7.60 Å². The number of fused-ring (bicyclic) bond motifs is 1. The number of imide groups is 1. The van der Waals surface area contributed by atoms with Crippen molar-refractivity contribution in [3.63, 3.8) is 0 Å². The number of anilines is 1. The highest BCUT2D eigenvalue weighted by Crippen LogP contribution is 2.72. The molecule has 2 aromatic rings. The highest BCUT2D eigenvalue weighted by Gasteiger charge is 2.69. The fourth-order valence-corrected chi connectivity index (χ4v) is 6.94. The topological polar surface area (TPSA) is 85.3 Å². The monoisotopic (exact) mass is 460 g/mol. The summed E-state index contributed by atoms with van der Waals surface area (Å²) in [6, 6.07) is 15.3. The van der Waals surface area contributed by atoms with Gasteiger partial charge in [-0.3, -0.25) is 19.1 Å². The van der Waals surface area contributed by atoms with E-state index in [9.17, 15) is 14.2 Å². The van der Waals surface area contributed by atoms with Crippen LogP contribution in [0.2, 0.25) is 5.02 Å². The molecule has 0 N–H and O–H groups in total. The molecule has 2 aromatic carbocycles. The van der Waals surface area contributed by atoms with Crippen molar-refractivity contribution in [2.75, 3.05) is 18.1 Å². The summed E-state index contributed by atoms with van der Waals surface area (Å²) in [6.45, 7) is 3.58. The number of rotatable bonds is 7. The van der Waals surface area contributed by atoms with Gasteiger partial charge in [0, 0.05) is 11.2 Å². The number of aliphatic imine (C=N–C) groups is 1. The molecule has 2 amide bonds. The van der Waals surface area contributed by atoms with Gasteiger partial charge in [0.25, 0.3) is 0 Å². The van der Waals surface area contributed by atoms with Crippen LogP contribution in [0.3, 0.4) is 0 Å². The predicted octanol–water partition coefficient (Wildman–Crippen LogP) is 4.65. The summed E-state index contributed by atoms with van der Waals surface area (Å²) in [5.41, 5.74) is 0.855. The molecule has 0 aliphatic carbocycles. The first-order chi connectivity index (χ1) is 14.9. The van der Waals surface area contributed by atoms with Gasteiger partial charge in [-0.2, -0.15) is 0 Å². The number of amides is 2. The average molecular weight is 461 g/mol. The molecule has 2 aliphatic rings. The van der Waals surface area contributed by atoms with E-state index in [1.807, 2.05) is 0 Å². The number of nitrogens with zero attached hydrogens (tertiary/aromatic N) is 2. The predicted molar refractivity (Wildman–Crippen MR) is 118 cm³/mol. The van der Waals surface area contributed by atoms with Crippen LogP contribution in [-0.4, -0.2) is 31.2 Å². The Labute approximate surface area is 185 Å². The highest BCUT2D eigenvalue weighted by molar-refractivity contribution is 7.55. The average Bonchev–Trinajstić information content (AvgIpc) is 3.27. The van der Waals surface area contributed by atoms with E-state index in [1.165, 1.54) is 6.21 Å². The lowest BCUT2D eigenvalue weighted by Gasteiger charge is -2.37. The molecule has 1 saturated heterocycles. The molecule has 9 heteroatoms. The third kappa shape index (κ3) is 3.28. The fourth-order valence-electron chi connectivity index (χ4n) is 4.32. The lowest BCUT2D eigenvalue weighted by atomic mass is 9.87. The largest absolute Gasteiger partial charge is 0.363 e. The Bertz CT molecular complexity index is 1080. The molecule has 0 bridgehead atoms. The van der Waals surface area contributed by atoms with E-state index in [1.54, 1.807) is 68.4 Å². The van der Waals surface area contributed by atoms with Crippen molar-refractivity contribution >= 4 is 42.9 Å². The highest BCUT2D eigenvalue weighted by atomic mass is 35.5. The van der Waals surface area contributed by atoms with Gasteiger partial charge in [-0.15, -0.1) is 0 Å². The third-order valence-corrected chi connectivity index (χ3v) is 8.42. The summed E-state index contributed by atoms with van der Waals surface area (Å²) < 4.78 is 25.5. The Morgan fingerprint density at radius 3 is 2.32 bits per heavy atom. The van der Waals surface area contributed by atoms with Crippen molar-refractivity contribution in [2.24, 2.45) is 16.8 Å². The van der Waals surface area contributed by atoms with Crippen LogP contribution in [-0.2, 0) is 28.5 Å². The van der Waals surface area contributed by atoms with Gasteiger partial charge in [0.05, 0.1) is 30.7 Å². The van der Waals surface area contributed by atoms with Crippen molar-refractivity contribution in [3.05, 3.63) is 65.2 Å². The summed E-state index contributed by atoms with van der Waals surface area (Å²) in [4.78, 5) is 32.6. The maximum absolute atomic E-state index is 14.2. The molecule has 0 spiro atoms. The Morgan fingerprint density at radius 2 is 1.71 bits per heavy atom. The van der Waals surface area contributed by atoms with Gasteiger partial charge in [-0.1, -0.05) is 48.0 Å². The molecule has 1 fully saturated rings. The van der Waals surface area contributed by atoms with E-state index in [-0.39, 0.29) is 13.2 Å². The number of hydrogen-bond donors (Lipinski definition) is 0. The Kier molecular flexibility index (Phi) is 5.88. The first-order valence-electron chi connectivity index (χ1n) is 10.0. The molecule has 0 unspecified atom stereocenters. The second-order valence-electron chi connectivity index (χ2n) is 7.20. The molecular formula is C22H22ClN2O5P. The second-order valence-corrected chi connectivity index (χ2v) is 9.83. The van der Waals surface area contributed by atoms with Gasteiger partial charge in [0.15, 0.2) is 5.28 Å². The minimum Gasteiger partial charge on any atom is -0.307 e. The molecule has 0 saturated carbocycles.